The van der Waals surface area contributed by atoms with Gasteiger partial charge in [0.05, 0.1) is 11.1 Å². The second-order valence-corrected chi connectivity index (χ2v) is 8.17. The Kier molecular flexibility index (Phi) is 7.00. The predicted molar refractivity (Wildman–Crippen MR) is 127 cm³/mol. The quantitative estimate of drug-likeness (QED) is 0.279. The first-order chi connectivity index (χ1) is 15.7. The van der Waals surface area contributed by atoms with Gasteiger partial charge in [-0.15, -0.1) is 0 Å². The molecule has 6 heteroatoms. The molecule has 2 aromatic carbocycles. The van der Waals surface area contributed by atoms with Gasteiger partial charge in [0.25, 0.3) is 5.56 Å². The number of rotatable bonds is 10. The van der Waals surface area contributed by atoms with E-state index in [1.165, 1.54) is 25.7 Å². The first-order valence-electron chi connectivity index (χ1n) is 11.4. The molecule has 2 aliphatic rings. The van der Waals surface area contributed by atoms with Gasteiger partial charge in [-0.05, 0) is 35.6 Å². The smallest absolute Gasteiger partial charge is 0.349 e. The molecule has 2 heterocycles. The molecule has 1 N–H and O–H groups in total. The maximum Gasteiger partial charge on any atom is 0.349 e. The van der Waals surface area contributed by atoms with Gasteiger partial charge in [0.15, 0.2) is 5.82 Å². The first kappa shape index (κ1) is 21.8. The minimum atomic E-state index is -0.616. The summed E-state index contributed by atoms with van der Waals surface area (Å²) in [4.78, 5) is 30.8. The van der Waals surface area contributed by atoms with E-state index in [-0.39, 0.29) is 0 Å². The van der Waals surface area contributed by atoms with Crippen LogP contribution in [0.25, 0.3) is 22.3 Å². The molecule has 0 saturated carbocycles. The van der Waals surface area contributed by atoms with Crippen molar-refractivity contribution in [2.75, 3.05) is 0 Å². The maximum absolute atomic E-state index is 12.4. The highest BCUT2D eigenvalue weighted by molar-refractivity contribution is 5.86. The van der Waals surface area contributed by atoms with Gasteiger partial charge in [0.2, 0.25) is 0 Å². The third-order valence-electron chi connectivity index (χ3n) is 5.75. The number of aromatic amines is 1. The summed E-state index contributed by atoms with van der Waals surface area (Å²) in [5.41, 5.74) is 1.42. The molecule has 0 fully saturated rings. The van der Waals surface area contributed by atoms with E-state index in [4.69, 9.17) is 4.74 Å². The lowest BCUT2D eigenvalue weighted by atomic mass is 10.1. The van der Waals surface area contributed by atoms with Crippen molar-refractivity contribution >= 4 is 10.9 Å². The molecule has 4 rings (SSSR count). The molecular weight excluding hydrogens is 402 g/mol. The largest absolute Gasteiger partial charge is 0.489 e. The van der Waals surface area contributed by atoms with Gasteiger partial charge in [0, 0.05) is 12.6 Å². The summed E-state index contributed by atoms with van der Waals surface area (Å²) in [6, 6.07) is 17.7. The second-order valence-electron chi connectivity index (χ2n) is 8.17. The van der Waals surface area contributed by atoms with Crippen molar-refractivity contribution in [2.24, 2.45) is 0 Å². The molecule has 0 atom stereocenters. The molecule has 0 spiro atoms. The normalized spacial score (nSPS) is 11.3. The number of hydrogen-bond donors (Lipinski definition) is 1. The molecule has 0 amide bonds. The average molecular weight is 432 g/mol. The monoisotopic (exact) mass is 431 g/mol. The van der Waals surface area contributed by atoms with Gasteiger partial charge < -0.3 is 9.30 Å². The zero-order valence-corrected chi connectivity index (χ0v) is 18.5. The molecule has 0 bridgehead atoms. The van der Waals surface area contributed by atoms with Crippen molar-refractivity contribution < 1.29 is 4.74 Å². The van der Waals surface area contributed by atoms with Crippen LogP contribution >= 0.6 is 0 Å². The highest BCUT2D eigenvalue weighted by Gasteiger charge is 2.17. The average Bonchev–Trinajstić information content (AvgIpc) is 2.80. The summed E-state index contributed by atoms with van der Waals surface area (Å²) in [5.74, 6) is 1.17. The Balaban J connectivity index is 1.67. The van der Waals surface area contributed by atoms with Crippen LogP contribution in [0.5, 0.6) is 5.75 Å². The van der Waals surface area contributed by atoms with Crippen molar-refractivity contribution in [1.82, 2.24) is 14.5 Å². The molecule has 0 radical (unpaired) electrons. The molecule has 2 aromatic rings. The summed E-state index contributed by atoms with van der Waals surface area (Å²) >= 11 is 0. The van der Waals surface area contributed by atoms with Crippen LogP contribution < -0.4 is 16.0 Å². The van der Waals surface area contributed by atoms with Crippen LogP contribution in [0.4, 0.5) is 0 Å². The Bertz CT molecular complexity index is 1260. The zero-order valence-electron chi connectivity index (χ0n) is 18.5. The number of fused-ring (bicyclic) bond motifs is 2. The van der Waals surface area contributed by atoms with Gasteiger partial charge >= 0.3 is 5.69 Å². The van der Waals surface area contributed by atoms with Crippen molar-refractivity contribution in [3.05, 3.63) is 81.0 Å². The number of nitrogens with zero attached hydrogens (tertiary/aromatic N) is 2. The van der Waals surface area contributed by atoms with Crippen LogP contribution in [0.15, 0.2) is 64.2 Å². The Morgan fingerprint density at radius 2 is 1.72 bits per heavy atom. The third kappa shape index (κ3) is 5.07. The van der Waals surface area contributed by atoms with Gasteiger partial charge in [0.1, 0.15) is 12.4 Å². The van der Waals surface area contributed by atoms with E-state index in [1.807, 2.05) is 53.1 Å². The number of H-pyrrole nitrogens is 1. The molecule has 0 aliphatic carbocycles. The van der Waals surface area contributed by atoms with Gasteiger partial charge in [-0.25, -0.2) is 4.79 Å². The van der Waals surface area contributed by atoms with E-state index in [9.17, 15) is 9.59 Å². The van der Waals surface area contributed by atoms with Gasteiger partial charge in [-0.1, -0.05) is 69.4 Å². The number of aryl methyl sites for hydroxylation is 1. The van der Waals surface area contributed by atoms with E-state index in [0.717, 1.165) is 35.1 Å². The van der Waals surface area contributed by atoms with Crippen molar-refractivity contribution in [3.63, 3.8) is 0 Å². The third-order valence-corrected chi connectivity index (χ3v) is 5.75. The first-order valence-corrected chi connectivity index (χ1v) is 11.4. The lowest BCUT2D eigenvalue weighted by molar-refractivity contribution is 0.306. The van der Waals surface area contributed by atoms with E-state index in [1.54, 1.807) is 6.07 Å². The fraction of sp³-hybridized carbons (Fsp3) is 0.346. The predicted octanol–water partition coefficient (Wildman–Crippen LogP) is 5.13. The minimum absolute atomic E-state index is 0.400. The van der Waals surface area contributed by atoms with Crippen molar-refractivity contribution in [3.8, 4) is 17.1 Å². The van der Waals surface area contributed by atoms with E-state index >= 15 is 0 Å². The molecule has 0 unspecified atom stereocenters. The number of nitrogens with one attached hydrogen (secondary N) is 1. The standard InChI is InChI=1S/C26H29N3O3/c1-2-3-4-5-6-10-15-29-23-17-21(32-18-19-11-8-7-9-12-19)14-13-20(23)16-22-24(29)27-26(31)28-25(22)30/h7-9,11-14,16-17H,2-6,10,15,18H2,1H3,(H,28,30,31). The summed E-state index contributed by atoms with van der Waals surface area (Å²) in [7, 11) is 0. The van der Waals surface area contributed by atoms with Gasteiger partial charge in [-0.3, -0.25) is 9.78 Å². The molecular formula is C26H29N3O3. The van der Waals surface area contributed by atoms with Crippen LogP contribution in [0.2, 0.25) is 0 Å². The number of ether oxygens (including phenoxy) is 1. The fourth-order valence-corrected chi connectivity index (χ4v) is 4.04. The second kappa shape index (κ2) is 10.3. The molecule has 0 saturated heterocycles. The maximum atomic E-state index is 12.4. The Morgan fingerprint density at radius 1 is 0.938 bits per heavy atom. The number of aromatic nitrogens is 3. The molecule has 6 nitrogen and oxygen atoms in total. The minimum Gasteiger partial charge on any atom is -0.489 e. The van der Waals surface area contributed by atoms with Crippen LogP contribution in [0.1, 0.15) is 51.0 Å². The van der Waals surface area contributed by atoms with Gasteiger partial charge in [-0.2, -0.15) is 4.98 Å². The molecule has 2 aliphatic heterocycles. The van der Waals surface area contributed by atoms with Crippen LogP contribution in [-0.4, -0.2) is 14.5 Å². The summed E-state index contributed by atoms with van der Waals surface area (Å²) in [6.07, 6.45) is 6.94. The zero-order chi connectivity index (χ0) is 22.3. The summed E-state index contributed by atoms with van der Waals surface area (Å²) in [6.45, 7) is 3.37. The van der Waals surface area contributed by atoms with E-state index in [0.29, 0.717) is 24.5 Å². The SMILES string of the molecule is CCCCCCCCn1c2nc(=O)[nH]c(=O)c-2cc2ccc(OCc3ccccc3)cc21. The van der Waals surface area contributed by atoms with Crippen molar-refractivity contribution in [1.29, 1.82) is 0 Å². The Hall–Kier alpha value is -3.41. The van der Waals surface area contributed by atoms with E-state index in [2.05, 4.69) is 16.9 Å². The number of benzene rings is 2. The Labute approximate surface area is 187 Å². The van der Waals surface area contributed by atoms with Crippen LogP contribution in [0.3, 0.4) is 0 Å². The number of hydrogen-bond acceptors (Lipinski definition) is 4. The number of pyridine rings is 1. The Morgan fingerprint density at radius 3 is 2.53 bits per heavy atom. The van der Waals surface area contributed by atoms with E-state index < -0.39 is 11.2 Å². The lowest BCUT2D eigenvalue weighted by Gasteiger charge is -2.18. The molecule has 32 heavy (non-hydrogen) atoms. The highest BCUT2D eigenvalue weighted by Crippen LogP contribution is 2.28. The topological polar surface area (TPSA) is 77.0 Å². The summed E-state index contributed by atoms with van der Waals surface area (Å²) in [5, 5.41) is 0.918. The van der Waals surface area contributed by atoms with Crippen molar-refractivity contribution in [2.45, 2.75) is 58.6 Å². The number of unbranched alkanes of at least 4 members (excludes halogenated alkanes) is 5. The lowest BCUT2D eigenvalue weighted by Crippen LogP contribution is -2.27. The van der Waals surface area contributed by atoms with Crippen LogP contribution in [0, 0.1) is 0 Å². The molecule has 166 valence electrons. The molecule has 0 aromatic heterocycles. The highest BCUT2D eigenvalue weighted by atomic mass is 16.5. The fourth-order valence-electron chi connectivity index (χ4n) is 4.04. The summed E-state index contributed by atoms with van der Waals surface area (Å²) < 4.78 is 8.02. The van der Waals surface area contributed by atoms with Crippen LogP contribution in [-0.2, 0) is 13.2 Å².